The molecule has 1 unspecified atom stereocenters. The number of nitrogens with one attached hydrogen (secondary N) is 1. The first kappa shape index (κ1) is 16.1. The number of thioether (sulfide) groups is 1. The Balaban J connectivity index is 1.70. The van der Waals surface area contributed by atoms with E-state index in [-0.39, 0.29) is 11.8 Å². The summed E-state index contributed by atoms with van der Waals surface area (Å²) in [6.07, 6.45) is 2.16. The molecule has 1 atom stereocenters. The molecule has 2 heterocycles. The minimum atomic E-state index is -0.180. The number of aromatic amines is 1. The minimum Gasteiger partial charge on any atom is -0.494 e. The number of hydrogen-bond acceptors (Lipinski definition) is 5. The lowest BCUT2D eigenvalue weighted by molar-refractivity contribution is 0.0941. The maximum atomic E-state index is 12.0. The molecule has 124 valence electrons. The molecular weight excluding hydrogens is 314 g/mol. The summed E-state index contributed by atoms with van der Waals surface area (Å²) in [4.78, 5) is 12.0. The van der Waals surface area contributed by atoms with Crippen molar-refractivity contribution >= 4 is 11.8 Å². The summed E-state index contributed by atoms with van der Waals surface area (Å²) in [7, 11) is 0. The van der Waals surface area contributed by atoms with Gasteiger partial charge in [-0.25, -0.2) is 9.89 Å². The molecule has 3 rings (SSSR count). The highest BCUT2D eigenvalue weighted by atomic mass is 32.2. The number of rotatable bonds is 7. The number of ether oxygens (including phenoxy) is 2. The van der Waals surface area contributed by atoms with Gasteiger partial charge in [0.05, 0.1) is 19.3 Å². The van der Waals surface area contributed by atoms with Crippen LogP contribution in [0.3, 0.4) is 0 Å². The van der Waals surface area contributed by atoms with Crippen molar-refractivity contribution in [1.29, 1.82) is 0 Å². The Kier molecular flexibility index (Phi) is 5.40. The predicted molar refractivity (Wildman–Crippen MR) is 89.0 cm³/mol. The maximum absolute atomic E-state index is 12.0. The molecule has 1 N–H and O–H groups in total. The number of H-pyrrole nitrogens is 1. The van der Waals surface area contributed by atoms with Gasteiger partial charge in [-0.2, -0.15) is 0 Å². The van der Waals surface area contributed by atoms with Gasteiger partial charge in [-0.05, 0) is 25.8 Å². The van der Waals surface area contributed by atoms with Gasteiger partial charge in [0.15, 0.2) is 5.16 Å². The van der Waals surface area contributed by atoms with Crippen LogP contribution < -0.4 is 10.4 Å². The fraction of sp³-hybridized carbons (Fsp3) is 0.500. The molecule has 1 aromatic carbocycles. The van der Waals surface area contributed by atoms with Crippen LogP contribution in [0.5, 0.6) is 5.75 Å². The Bertz CT molecular complexity index is 692. The first-order chi connectivity index (χ1) is 11.3. The van der Waals surface area contributed by atoms with Crippen LogP contribution in [-0.2, 0) is 17.0 Å². The molecule has 6 nitrogen and oxygen atoms in total. The summed E-state index contributed by atoms with van der Waals surface area (Å²) in [6, 6.07) is 7.94. The molecule has 1 fully saturated rings. The van der Waals surface area contributed by atoms with Gasteiger partial charge in [0.25, 0.3) is 0 Å². The second kappa shape index (κ2) is 7.70. The molecule has 0 bridgehead atoms. The fourth-order valence-electron chi connectivity index (χ4n) is 2.63. The molecule has 1 aliphatic rings. The first-order valence-electron chi connectivity index (χ1n) is 7.88. The standard InChI is InChI=1S/C16H21N3O3S/c1-2-21-14-8-4-3-6-12(14)11-23-16-18-17-15(20)19(16)10-13-7-5-9-22-13/h3-4,6,8,13H,2,5,7,9-11H2,1H3,(H,17,20). The molecule has 0 spiro atoms. The molecule has 1 aromatic heterocycles. The number of benzene rings is 1. The molecule has 23 heavy (non-hydrogen) atoms. The van der Waals surface area contributed by atoms with Crippen molar-refractivity contribution in [3.05, 3.63) is 40.3 Å². The van der Waals surface area contributed by atoms with Crippen molar-refractivity contribution in [2.45, 2.75) is 43.3 Å². The van der Waals surface area contributed by atoms with Gasteiger partial charge in [-0.3, -0.25) is 4.57 Å². The number of nitrogens with zero attached hydrogens (tertiary/aromatic N) is 2. The topological polar surface area (TPSA) is 69.1 Å². The van der Waals surface area contributed by atoms with Gasteiger partial charge in [0.2, 0.25) is 0 Å². The second-order valence-corrected chi connectivity index (χ2v) is 6.33. The van der Waals surface area contributed by atoms with E-state index in [9.17, 15) is 4.79 Å². The van der Waals surface area contributed by atoms with Crippen molar-refractivity contribution < 1.29 is 9.47 Å². The first-order valence-corrected chi connectivity index (χ1v) is 8.86. The molecule has 0 radical (unpaired) electrons. The molecule has 1 aliphatic heterocycles. The van der Waals surface area contributed by atoms with Gasteiger partial charge >= 0.3 is 5.69 Å². The van der Waals surface area contributed by atoms with Gasteiger partial charge in [-0.1, -0.05) is 30.0 Å². The molecule has 7 heteroatoms. The normalized spacial score (nSPS) is 17.5. The number of hydrogen-bond donors (Lipinski definition) is 1. The average molecular weight is 335 g/mol. The van der Waals surface area contributed by atoms with E-state index in [1.165, 1.54) is 11.8 Å². The molecule has 0 aliphatic carbocycles. The monoisotopic (exact) mass is 335 g/mol. The quantitative estimate of drug-likeness (QED) is 0.787. The second-order valence-electron chi connectivity index (χ2n) is 5.39. The zero-order valence-electron chi connectivity index (χ0n) is 13.2. The third-order valence-electron chi connectivity index (χ3n) is 3.76. The van der Waals surface area contributed by atoms with Gasteiger partial charge in [-0.15, -0.1) is 5.10 Å². The predicted octanol–water partition coefficient (Wildman–Crippen LogP) is 2.44. The number of para-hydroxylation sites is 1. The minimum absolute atomic E-state index is 0.111. The van der Waals surface area contributed by atoms with E-state index in [1.807, 2.05) is 31.2 Å². The summed E-state index contributed by atoms with van der Waals surface area (Å²) in [5.41, 5.74) is 0.916. The van der Waals surface area contributed by atoms with Crippen LogP contribution in [0.25, 0.3) is 0 Å². The Morgan fingerprint density at radius 2 is 2.35 bits per heavy atom. The van der Waals surface area contributed by atoms with Crippen molar-refractivity contribution in [1.82, 2.24) is 14.8 Å². The van der Waals surface area contributed by atoms with Gasteiger partial charge in [0, 0.05) is 17.9 Å². The SMILES string of the molecule is CCOc1ccccc1CSc1n[nH]c(=O)n1CC1CCCO1. The van der Waals surface area contributed by atoms with Crippen molar-refractivity contribution in [3.63, 3.8) is 0 Å². The maximum Gasteiger partial charge on any atom is 0.344 e. The Labute approximate surface area is 139 Å². The lowest BCUT2D eigenvalue weighted by Crippen LogP contribution is -2.24. The van der Waals surface area contributed by atoms with Crippen molar-refractivity contribution in [2.24, 2.45) is 0 Å². The Morgan fingerprint density at radius 3 is 3.13 bits per heavy atom. The van der Waals surface area contributed by atoms with Gasteiger partial charge in [0.1, 0.15) is 5.75 Å². The Hall–Kier alpha value is -1.73. The highest BCUT2D eigenvalue weighted by Crippen LogP contribution is 2.27. The molecule has 0 amide bonds. The Morgan fingerprint density at radius 1 is 1.48 bits per heavy atom. The van der Waals surface area contributed by atoms with Crippen LogP contribution >= 0.6 is 11.8 Å². The largest absolute Gasteiger partial charge is 0.494 e. The zero-order valence-corrected chi connectivity index (χ0v) is 14.0. The van der Waals surface area contributed by atoms with E-state index in [2.05, 4.69) is 10.2 Å². The van der Waals surface area contributed by atoms with E-state index < -0.39 is 0 Å². The van der Waals surface area contributed by atoms with Crippen LogP contribution in [0.15, 0.2) is 34.2 Å². The summed E-state index contributed by atoms with van der Waals surface area (Å²) >= 11 is 1.53. The molecular formula is C16H21N3O3S. The van der Waals surface area contributed by atoms with Crippen LogP contribution in [0.2, 0.25) is 0 Å². The van der Waals surface area contributed by atoms with E-state index in [1.54, 1.807) is 4.57 Å². The summed E-state index contributed by atoms with van der Waals surface area (Å²) < 4.78 is 12.9. The third kappa shape index (κ3) is 3.97. The van der Waals surface area contributed by atoms with Gasteiger partial charge < -0.3 is 9.47 Å². The highest BCUT2D eigenvalue weighted by Gasteiger charge is 2.19. The van der Waals surface area contributed by atoms with E-state index in [0.717, 1.165) is 30.8 Å². The third-order valence-corrected chi connectivity index (χ3v) is 4.79. The summed E-state index contributed by atoms with van der Waals surface area (Å²) in [5, 5.41) is 7.37. The van der Waals surface area contributed by atoms with E-state index in [0.29, 0.717) is 24.1 Å². The average Bonchev–Trinajstić information content (AvgIpc) is 3.19. The molecule has 2 aromatic rings. The van der Waals surface area contributed by atoms with E-state index >= 15 is 0 Å². The van der Waals surface area contributed by atoms with Crippen molar-refractivity contribution in [3.8, 4) is 5.75 Å². The van der Waals surface area contributed by atoms with E-state index in [4.69, 9.17) is 9.47 Å². The fourth-order valence-corrected chi connectivity index (χ4v) is 3.57. The van der Waals surface area contributed by atoms with Crippen LogP contribution in [0.4, 0.5) is 0 Å². The molecule has 0 saturated carbocycles. The highest BCUT2D eigenvalue weighted by molar-refractivity contribution is 7.98. The smallest absolute Gasteiger partial charge is 0.344 e. The van der Waals surface area contributed by atoms with Crippen LogP contribution in [0, 0.1) is 0 Å². The van der Waals surface area contributed by atoms with Crippen LogP contribution in [0.1, 0.15) is 25.3 Å². The lowest BCUT2D eigenvalue weighted by Gasteiger charge is -2.12. The lowest BCUT2D eigenvalue weighted by atomic mass is 10.2. The zero-order chi connectivity index (χ0) is 16.1. The molecule has 1 saturated heterocycles. The summed E-state index contributed by atoms with van der Waals surface area (Å²) in [6.45, 7) is 3.94. The summed E-state index contributed by atoms with van der Waals surface area (Å²) in [5.74, 6) is 1.58. The van der Waals surface area contributed by atoms with Crippen molar-refractivity contribution in [2.75, 3.05) is 13.2 Å². The van der Waals surface area contributed by atoms with Crippen LogP contribution in [-0.4, -0.2) is 34.1 Å². The number of aromatic nitrogens is 3.